The first kappa shape index (κ1) is 31.5. The van der Waals surface area contributed by atoms with E-state index in [9.17, 15) is 9.59 Å². The molecule has 0 unspecified atom stereocenters. The molecule has 0 radical (unpaired) electrons. The summed E-state index contributed by atoms with van der Waals surface area (Å²) < 4.78 is 18.5. The van der Waals surface area contributed by atoms with Crippen LogP contribution >= 0.6 is 11.3 Å². The third kappa shape index (κ3) is 7.17. The van der Waals surface area contributed by atoms with Crippen molar-refractivity contribution in [1.29, 1.82) is 0 Å². The number of para-hydroxylation sites is 1. The van der Waals surface area contributed by atoms with Crippen LogP contribution in [0.15, 0.2) is 67.1 Å². The fourth-order valence-electron chi connectivity index (χ4n) is 5.14. The molecule has 6 rings (SSSR count). The Morgan fingerprint density at radius 1 is 1.00 bits per heavy atom. The van der Waals surface area contributed by atoms with E-state index in [0.717, 1.165) is 34.1 Å². The highest BCUT2D eigenvalue weighted by molar-refractivity contribution is 7.19. The molecule has 4 heterocycles. The lowest BCUT2D eigenvalue weighted by atomic mass is 10.1. The summed E-state index contributed by atoms with van der Waals surface area (Å²) in [7, 11) is 3.12. The second-order valence-corrected chi connectivity index (χ2v) is 12.2. The first-order chi connectivity index (χ1) is 22.8. The molecule has 1 saturated heterocycles. The van der Waals surface area contributed by atoms with E-state index in [1.165, 1.54) is 23.7 Å². The zero-order valence-corrected chi connectivity index (χ0v) is 27.2. The molecular formula is C33H34N8O5S. The Hall–Kier alpha value is -5.50. The fraction of sp³-hybridized carbons (Fsp3) is 0.273. The van der Waals surface area contributed by atoms with Gasteiger partial charge in [0.2, 0.25) is 5.91 Å². The maximum absolute atomic E-state index is 13.1. The molecule has 14 heteroatoms. The highest BCUT2D eigenvalue weighted by Crippen LogP contribution is 2.36. The van der Waals surface area contributed by atoms with Gasteiger partial charge in [-0.25, -0.2) is 24.4 Å². The molecule has 242 valence electrons. The Morgan fingerprint density at radius 2 is 1.79 bits per heavy atom. The summed E-state index contributed by atoms with van der Waals surface area (Å²) in [6.07, 6.45) is 6.85. The summed E-state index contributed by atoms with van der Waals surface area (Å²) >= 11 is 1.48. The van der Waals surface area contributed by atoms with E-state index >= 15 is 0 Å². The minimum atomic E-state index is -0.503. The van der Waals surface area contributed by atoms with Gasteiger partial charge >= 0.3 is 12.0 Å². The number of carbonyl (C=O) groups is 2. The highest BCUT2D eigenvalue weighted by Gasteiger charge is 2.24. The van der Waals surface area contributed by atoms with Crippen LogP contribution in [0.4, 0.5) is 21.4 Å². The lowest BCUT2D eigenvalue weighted by molar-refractivity contribution is -0.117. The molecule has 1 aliphatic heterocycles. The monoisotopic (exact) mass is 654 g/mol. The van der Waals surface area contributed by atoms with Crippen molar-refractivity contribution in [2.24, 2.45) is 5.92 Å². The Morgan fingerprint density at radius 3 is 2.47 bits per heavy atom. The second kappa shape index (κ2) is 13.9. The lowest BCUT2D eigenvalue weighted by Gasteiger charge is -2.15. The van der Waals surface area contributed by atoms with Crippen molar-refractivity contribution in [1.82, 2.24) is 24.7 Å². The Balaban J connectivity index is 1.10. The van der Waals surface area contributed by atoms with Crippen molar-refractivity contribution in [2.75, 3.05) is 36.3 Å². The van der Waals surface area contributed by atoms with E-state index in [-0.39, 0.29) is 11.9 Å². The quantitative estimate of drug-likeness (QED) is 0.162. The smallest absolute Gasteiger partial charge is 0.324 e. The van der Waals surface area contributed by atoms with Crippen molar-refractivity contribution in [3.05, 3.63) is 72.8 Å². The van der Waals surface area contributed by atoms with Gasteiger partial charge in [0.25, 0.3) is 0 Å². The molecule has 1 aliphatic rings. The predicted octanol–water partition coefficient (Wildman–Crippen LogP) is 6.56. The Kier molecular flexibility index (Phi) is 9.29. The molecule has 3 aromatic heterocycles. The highest BCUT2D eigenvalue weighted by atomic mass is 32.1. The van der Waals surface area contributed by atoms with Crippen LogP contribution in [0.25, 0.3) is 16.1 Å². The topological polar surface area (TPSA) is 146 Å². The average molecular weight is 655 g/mol. The summed E-state index contributed by atoms with van der Waals surface area (Å²) in [5.74, 6) is 2.51. The molecule has 0 aliphatic carbocycles. The van der Waals surface area contributed by atoms with Crippen LogP contribution in [0, 0.1) is 5.92 Å². The summed E-state index contributed by atoms with van der Waals surface area (Å²) in [6, 6.07) is 14.4. The van der Waals surface area contributed by atoms with Gasteiger partial charge in [-0.15, -0.1) is 0 Å². The van der Waals surface area contributed by atoms with Gasteiger partial charge in [-0.1, -0.05) is 31.3 Å². The van der Waals surface area contributed by atoms with Gasteiger partial charge < -0.3 is 19.5 Å². The molecule has 0 saturated carbocycles. The number of methoxy groups -OCH3 is 2. The van der Waals surface area contributed by atoms with Gasteiger partial charge in [0.1, 0.15) is 17.3 Å². The number of aromatic nitrogens is 5. The molecule has 2 aromatic carbocycles. The van der Waals surface area contributed by atoms with Crippen LogP contribution in [0.2, 0.25) is 0 Å². The minimum Gasteiger partial charge on any atom is -0.493 e. The van der Waals surface area contributed by atoms with Crippen LogP contribution in [-0.4, -0.2) is 57.4 Å². The average Bonchev–Trinajstić information content (AvgIpc) is 3.81. The van der Waals surface area contributed by atoms with Crippen molar-refractivity contribution >= 4 is 39.9 Å². The number of hydrogen-bond acceptors (Lipinski definition) is 10. The van der Waals surface area contributed by atoms with E-state index in [1.807, 2.05) is 42.5 Å². The van der Waals surface area contributed by atoms with Gasteiger partial charge in [0, 0.05) is 25.2 Å². The zero-order valence-electron chi connectivity index (χ0n) is 26.4. The number of nitrogens with zero attached hydrogens (tertiary/aromatic N) is 6. The Bertz CT molecular complexity index is 1870. The SMILES string of the molecule is COc1cccc(-n2nc(CC(C)C)cc2NC(=O)Nc2cnc(Oc3ccc(-c4cnc(N5CCCC5=O)s4)cc3)nc2)c1OC. The summed E-state index contributed by atoms with van der Waals surface area (Å²) in [6.45, 7) is 4.92. The van der Waals surface area contributed by atoms with E-state index in [2.05, 4.69) is 39.4 Å². The Labute approximate surface area is 275 Å². The fourth-order valence-corrected chi connectivity index (χ4v) is 6.10. The van der Waals surface area contributed by atoms with Crippen LogP contribution in [0.5, 0.6) is 23.3 Å². The maximum atomic E-state index is 13.1. The van der Waals surface area contributed by atoms with Crippen LogP contribution in [-0.2, 0) is 11.2 Å². The maximum Gasteiger partial charge on any atom is 0.324 e. The number of thiazole rings is 1. The number of hydrogen-bond donors (Lipinski definition) is 2. The summed E-state index contributed by atoms with van der Waals surface area (Å²) in [5, 5.41) is 11.1. The molecule has 0 spiro atoms. The molecule has 0 bridgehead atoms. The number of ether oxygens (including phenoxy) is 3. The molecule has 1 fully saturated rings. The molecule has 2 N–H and O–H groups in total. The molecular weight excluding hydrogens is 620 g/mol. The van der Waals surface area contributed by atoms with Crippen molar-refractivity contribution in [3.63, 3.8) is 0 Å². The number of benzene rings is 2. The van der Waals surface area contributed by atoms with Gasteiger partial charge in [-0.05, 0) is 60.7 Å². The summed E-state index contributed by atoms with van der Waals surface area (Å²) in [5.41, 5.74) is 2.76. The number of urea groups is 1. The molecule has 13 nitrogen and oxygen atoms in total. The third-order valence-corrected chi connectivity index (χ3v) is 8.33. The van der Waals surface area contributed by atoms with E-state index in [4.69, 9.17) is 19.3 Å². The number of rotatable bonds is 11. The molecule has 3 amide bonds. The number of carbonyl (C=O) groups excluding carboxylic acids is 2. The van der Waals surface area contributed by atoms with Gasteiger partial charge in [-0.2, -0.15) is 5.10 Å². The normalized spacial score (nSPS) is 12.8. The minimum absolute atomic E-state index is 0.116. The molecule has 47 heavy (non-hydrogen) atoms. The van der Waals surface area contributed by atoms with E-state index < -0.39 is 6.03 Å². The van der Waals surface area contributed by atoms with Gasteiger partial charge in [0.15, 0.2) is 16.6 Å². The number of anilines is 3. The molecule has 5 aromatic rings. The predicted molar refractivity (Wildman–Crippen MR) is 179 cm³/mol. The van der Waals surface area contributed by atoms with E-state index in [0.29, 0.717) is 53.3 Å². The van der Waals surface area contributed by atoms with Gasteiger partial charge in [-0.3, -0.25) is 15.0 Å². The first-order valence-electron chi connectivity index (χ1n) is 15.1. The second-order valence-electron chi connectivity index (χ2n) is 11.2. The van der Waals surface area contributed by atoms with Crippen molar-refractivity contribution in [3.8, 4) is 39.4 Å². The zero-order chi connectivity index (χ0) is 32.9. The van der Waals surface area contributed by atoms with Crippen molar-refractivity contribution < 1.29 is 23.8 Å². The van der Waals surface area contributed by atoms with Gasteiger partial charge in [0.05, 0.1) is 42.9 Å². The first-order valence-corrected chi connectivity index (χ1v) is 15.9. The third-order valence-electron chi connectivity index (χ3n) is 7.26. The van der Waals surface area contributed by atoms with Crippen molar-refractivity contribution in [2.45, 2.75) is 33.1 Å². The van der Waals surface area contributed by atoms with E-state index in [1.54, 1.807) is 36.1 Å². The lowest BCUT2D eigenvalue weighted by Crippen LogP contribution is -2.23. The summed E-state index contributed by atoms with van der Waals surface area (Å²) in [4.78, 5) is 40.7. The van der Waals surface area contributed by atoms with Crippen LogP contribution in [0.3, 0.4) is 0 Å². The van der Waals surface area contributed by atoms with Crippen LogP contribution < -0.4 is 29.7 Å². The number of nitrogens with one attached hydrogen (secondary N) is 2. The number of amides is 3. The van der Waals surface area contributed by atoms with Crippen LogP contribution in [0.1, 0.15) is 32.4 Å². The molecule has 0 atom stereocenters. The standard InChI is InChI=1S/C33H34N8O5S/c1-20(2)15-22-16-28(41(39-22)25-7-5-8-26(44-3)30(25)45-4)38-31(43)37-23-17-34-32(35-18-23)46-24-12-10-21(11-13-24)27-19-36-33(47-27)40-14-6-9-29(40)42/h5,7-8,10-13,16-20H,6,9,14-15H2,1-4H3,(H2,37,38,43). The largest absolute Gasteiger partial charge is 0.493 e.